The van der Waals surface area contributed by atoms with Crippen molar-refractivity contribution in [1.29, 1.82) is 0 Å². The van der Waals surface area contributed by atoms with Gasteiger partial charge in [0.25, 0.3) is 5.91 Å². The molecule has 1 amide bonds. The molecule has 0 fully saturated rings. The first-order valence-electron chi connectivity index (χ1n) is 11.5. The Morgan fingerprint density at radius 3 is 2.60 bits per heavy atom. The second kappa shape index (κ2) is 8.92. The molecule has 0 aromatic heterocycles. The van der Waals surface area contributed by atoms with Crippen molar-refractivity contribution in [1.82, 2.24) is 0 Å². The van der Waals surface area contributed by atoms with Crippen LogP contribution in [0.2, 0.25) is 5.02 Å². The molecular formula is C28H26ClNO4S. The number of carbonyl (C=O) groups excluding carboxylic acids is 1. The van der Waals surface area contributed by atoms with Crippen molar-refractivity contribution in [2.24, 2.45) is 0 Å². The first-order valence-corrected chi connectivity index (χ1v) is 12.9. The monoisotopic (exact) mass is 507 g/mol. The number of aliphatic carboxylic acids is 1. The molecule has 7 heteroatoms. The molecule has 1 N–H and O–H groups in total. The molecule has 2 aliphatic heterocycles. The van der Waals surface area contributed by atoms with E-state index < -0.39 is 17.9 Å². The lowest BCUT2D eigenvalue weighted by Gasteiger charge is -2.41. The van der Waals surface area contributed by atoms with E-state index in [1.165, 1.54) is 0 Å². The van der Waals surface area contributed by atoms with Crippen LogP contribution in [0.3, 0.4) is 0 Å². The molecule has 0 aliphatic carbocycles. The molecule has 0 radical (unpaired) electrons. The van der Waals surface area contributed by atoms with Gasteiger partial charge in [0.2, 0.25) is 0 Å². The van der Waals surface area contributed by atoms with Gasteiger partial charge >= 0.3 is 5.97 Å². The third-order valence-electron chi connectivity index (χ3n) is 6.55. The lowest BCUT2D eigenvalue weighted by atomic mass is 9.79. The predicted molar refractivity (Wildman–Crippen MR) is 139 cm³/mol. The highest BCUT2D eigenvalue weighted by atomic mass is 35.5. The first kappa shape index (κ1) is 23.8. The molecule has 0 bridgehead atoms. The van der Waals surface area contributed by atoms with Crippen LogP contribution in [0.15, 0.2) is 65.6 Å². The fourth-order valence-electron chi connectivity index (χ4n) is 4.93. The van der Waals surface area contributed by atoms with Crippen molar-refractivity contribution >= 4 is 40.9 Å². The highest BCUT2D eigenvalue weighted by Crippen LogP contribution is 2.47. The zero-order valence-electron chi connectivity index (χ0n) is 19.7. The quantitative estimate of drug-likeness (QED) is 0.427. The number of fused-ring (bicyclic) bond motifs is 2. The molecule has 0 spiro atoms. The second-order valence-electron chi connectivity index (χ2n) is 9.84. The molecule has 3 aromatic carbocycles. The van der Waals surface area contributed by atoms with Gasteiger partial charge in [-0.15, -0.1) is 11.8 Å². The van der Waals surface area contributed by atoms with E-state index in [2.05, 4.69) is 20.8 Å². The molecule has 2 aliphatic rings. The number of ether oxygens (including phenoxy) is 1. The van der Waals surface area contributed by atoms with Gasteiger partial charge < -0.3 is 9.84 Å². The van der Waals surface area contributed by atoms with Gasteiger partial charge in [-0.3, -0.25) is 14.5 Å². The van der Waals surface area contributed by atoms with E-state index in [1.54, 1.807) is 47.0 Å². The minimum absolute atomic E-state index is 0.176. The maximum Gasteiger partial charge on any atom is 0.313 e. The lowest BCUT2D eigenvalue weighted by Crippen LogP contribution is -2.45. The van der Waals surface area contributed by atoms with Crippen LogP contribution in [-0.2, 0) is 10.2 Å². The highest BCUT2D eigenvalue weighted by Gasteiger charge is 2.45. The van der Waals surface area contributed by atoms with Gasteiger partial charge in [0.1, 0.15) is 11.7 Å². The van der Waals surface area contributed by atoms with E-state index >= 15 is 0 Å². The molecular weight excluding hydrogens is 482 g/mol. The minimum atomic E-state index is -0.995. The average molecular weight is 508 g/mol. The average Bonchev–Trinajstić information content (AvgIpc) is 2.82. The molecule has 3 aromatic rings. The van der Waals surface area contributed by atoms with Gasteiger partial charge in [0.15, 0.2) is 0 Å². The third kappa shape index (κ3) is 4.19. The predicted octanol–water partition coefficient (Wildman–Crippen LogP) is 6.69. The summed E-state index contributed by atoms with van der Waals surface area (Å²) in [7, 11) is 0. The molecule has 0 saturated heterocycles. The number of rotatable bonds is 3. The molecule has 0 unspecified atom stereocenters. The maximum absolute atomic E-state index is 13.9. The van der Waals surface area contributed by atoms with E-state index in [-0.39, 0.29) is 11.3 Å². The molecule has 5 nitrogen and oxygen atoms in total. The summed E-state index contributed by atoms with van der Waals surface area (Å²) in [6.07, 6.45) is 0. The molecule has 180 valence electrons. The molecule has 2 atom stereocenters. The van der Waals surface area contributed by atoms with Crippen LogP contribution in [0.25, 0.3) is 0 Å². The summed E-state index contributed by atoms with van der Waals surface area (Å²) < 4.78 is 5.87. The second-order valence-corrected chi connectivity index (χ2v) is 11.4. The van der Waals surface area contributed by atoms with Gasteiger partial charge in [-0.25, -0.2) is 0 Å². The smallest absolute Gasteiger partial charge is 0.313 e. The van der Waals surface area contributed by atoms with Crippen molar-refractivity contribution < 1.29 is 19.4 Å². The van der Waals surface area contributed by atoms with Gasteiger partial charge in [0.05, 0.1) is 12.6 Å². The molecule has 0 saturated carbocycles. The Hall–Kier alpha value is -2.96. The van der Waals surface area contributed by atoms with Crippen LogP contribution in [0.1, 0.15) is 59.8 Å². The fourth-order valence-corrected chi connectivity index (χ4v) is 6.20. The number of carbonyl (C=O) groups is 2. The Bertz CT molecular complexity index is 1330. The van der Waals surface area contributed by atoms with E-state index in [4.69, 9.17) is 16.3 Å². The van der Waals surface area contributed by atoms with Crippen LogP contribution >= 0.6 is 23.4 Å². The number of benzene rings is 3. The normalized spacial score (nSPS) is 19.5. The number of thioether (sulfide) groups is 1. The Morgan fingerprint density at radius 2 is 1.89 bits per heavy atom. The number of carboxylic acid groups (broad SMARTS) is 1. The van der Waals surface area contributed by atoms with E-state index in [0.717, 1.165) is 22.0 Å². The number of nitrogens with zero attached hydrogens (tertiary/aromatic N) is 1. The zero-order valence-corrected chi connectivity index (χ0v) is 21.3. The van der Waals surface area contributed by atoms with Crippen molar-refractivity contribution in [3.05, 3.63) is 87.9 Å². The highest BCUT2D eigenvalue weighted by molar-refractivity contribution is 7.99. The summed E-state index contributed by atoms with van der Waals surface area (Å²) in [6, 6.07) is 17.5. The maximum atomic E-state index is 13.9. The van der Waals surface area contributed by atoms with Crippen LogP contribution < -0.4 is 9.64 Å². The van der Waals surface area contributed by atoms with Crippen molar-refractivity contribution in [2.75, 3.05) is 17.3 Å². The number of hydrogen-bond donors (Lipinski definition) is 1. The lowest BCUT2D eigenvalue weighted by molar-refractivity contribution is -0.139. The number of halogens is 1. The van der Waals surface area contributed by atoms with Gasteiger partial charge in [-0.05, 0) is 52.4 Å². The standard InChI is InChI=1S/C28H26ClNO4S/c1-28(2,3)20-10-9-17(15-21(20)29)30-25(16-8-11-23-22(14-16)34-12-13-35-23)24(27(32)33)18-6-4-5-7-19(18)26(30)31/h4-11,14-15,24-25H,12-13H2,1-3H3,(H,32,33)/t24-,25+/m0/s1. The summed E-state index contributed by atoms with van der Waals surface area (Å²) >= 11 is 8.40. The van der Waals surface area contributed by atoms with E-state index in [0.29, 0.717) is 34.0 Å². The van der Waals surface area contributed by atoms with Gasteiger partial charge in [0, 0.05) is 26.9 Å². The molecule has 2 heterocycles. The number of hydrogen-bond acceptors (Lipinski definition) is 4. The largest absolute Gasteiger partial charge is 0.492 e. The Kier molecular flexibility index (Phi) is 6.06. The van der Waals surface area contributed by atoms with E-state index in [1.807, 2.05) is 30.3 Å². The summed E-state index contributed by atoms with van der Waals surface area (Å²) in [4.78, 5) is 29.2. The first-order chi connectivity index (χ1) is 16.7. The van der Waals surface area contributed by atoms with Crippen LogP contribution in [0.5, 0.6) is 5.75 Å². The Balaban J connectivity index is 1.72. The SMILES string of the molecule is CC(C)(C)c1ccc(N2C(=O)c3ccccc3[C@H](C(=O)O)[C@H]2c2ccc3c(c2)OCCS3)cc1Cl. The third-order valence-corrected chi connectivity index (χ3v) is 7.88. The Labute approximate surface area is 214 Å². The van der Waals surface area contributed by atoms with E-state index in [9.17, 15) is 14.7 Å². The number of carboxylic acids is 1. The Morgan fingerprint density at radius 1 is 1.11 bits per heavy atom. The van der Waals surface area contributed by atoms with Crippen LogP contribution in [-0.4, -0.2) is 29.3 Å². The topological polar surface area (TPSA) is 66.8 Å². The summed E-state index contributed by atoms with van der Waals surface area (Å²) in [6.45, 7) is 6.81. The zero-order chi connectivity index (χ0) is 24.9. The van der Waals surface area contributed by atoms with Crippen molar-refractivity contribution in [2.45, 2.75) is 43.0 Å². The van der Waals surface area contributed by atoms with Gasteiger partial charge in [-0.1, -0.05) is 62.7 Å². The summed E-state index contributed by atoms with van der Waals surface area (Å²) in [5.74, 6) is -0.625. The number of amides is 1. The minimum Gasteiger partial charge on any atom is -0.492 e. The van der Waals surface area contributed by atoms with Crippen LogP contribution in [0.4, 0.5) is 5.69 Å². The van der Waals surface area contributed by atoms with Gasteiger partial charge in [-0.2, -0.15) is 0 Å². The summed E-state index contributed by atoms with van der Waals surface area (Å²) in [5.41, 5.74) is 2.95. The summed E-state index contributed by atoms with van der Waals surface area (Å²) in [5, 5.41) is 11.0. The molecule has 5 rings (SSSR count). The van der Waals surface area contributed by atoms with Crippen molar-refractivity contribution in [3.8, 4) is 5.75 Å². The van der Waals surface area contributed by atoms with Crippen molar-refractivity contribution in [3.63, 3.8) is 0 Å². The molecule has 35 heavy (non-hydrogen) atoms. The fraction of sp³-hybridized carbons (Fsp3) is 0.286. The number of anilines is 1. The van der Waals surface area contributed by atoms with Crippen LogP contribution in [0, 0.1) is 0 Å².